The quantitative estimate of drug-likeness (QED) is 0.846. The minimum Gasteiger partial charge on any atom is -0.369 e. The fourth-order valence-corrected chi connectivity index (χ4v) is 2.49. The molecule has 3 rings (SSSR count). The van der Waals surface area contributed by atoms with Gasteiger partial charge >= 0.3 is 0 Å². The average Bonchev–Trinajstić information content (AvgIpc) is 2.47. The van der Waals surface area contributed by atoms with Gasteiger partial charge in [0, 0.05) is 11.9 Å². The van der Waals surface area contributed by atoms with Gasteiger partial charge in [-0.05, 0) is 18.6 Å². The topological polar surface area (TPSA) is 38.2 Å². The van der Waals surface area contributed by atoms with E-state index in [4.69, 9.17) is 4.74 Å². The first-order chi connectivity index (χ1) is 9.66. The summed E-state index contributed by atoms with van der Waals surface area (Å²) in [6, 6.07) is 5.82. The van der Waals surface area contributed by atoms with Gasteiger partial charge in [-0.2, -0.15) is 0 Å². The van der Waals surface area contributed by atoms with Crippen molar-refractivity contribution in [2.45, 2.75) is 19.5 Å². The van der Waals surface area contributed by atoms with Crippen LogP contribution in [0.3, 0.4) is 0 Å². The van der Waals surface area contributed by atoms with E-state index in [9.17, 15) is 8.78 Å². The first-order valence-corrected chi connectivity index (χ1v) is 6.52. The smallest absolute Gasteiger partial charge is 0.266 e. The molecule has 2 heterocycles. The second-order valence-electron chi connectivity index (χ2n) is 4.86. The van der Waals surface area contributed by atoms with E-state index in [1.165, 1.54) is 6.33 Å². The van der Waals surface area contributed by atoms with Crippen molar-refractivity contribution < 1.29 is 13.5 Å². The van der Waals surface area contributed by atoms with Crippen LogP contribution in [0.5, 0.6) is 0 Å². The van der Waals surface area contributed by atoms with E-state index in [0.717, 1.165) is 16.5 Å². The average molecular weight is 279 g/mol. The van der Waals surface area contributed by atoms with Crippen LogP contribution in [-0.2, 0) is 4.74 Å². The van der Waals surface area contributed by atoms with Gasteiger partial charge in [0.05, 0.1) is 18.7 Å². The highest BCUT2D eigenvalue weighted by Gasteiger charge is 2.29. The Hall–Kier alpha value is -1.82. The number of morpholine rings is 1. The van der Waals surface area contributed by atoms with E-state index >= 15 is 0 Å². The molecule has 1 aromatic carbocycles. The third kappa shape index (κ3) is 2.31. The molecular formula is C14H15F2N3O. The number of aromatic nitrogens is 2. The van der Waals surface area contributed by atoms with Crippen LogP contribution in [0.1, 0.15) is 5.56 Å². The number of nitrogens with zero attached hydrogens (tertiary/aromatic N) is 3. The number of para-hydroxylation sites is 1. The molecule has 4 nitrogen and oxygen atoms in total. The summed E-state index contributed by atoms with van der Waals surface area (Å²) in [6.45, 7) is 2.97. The van der Waals surface area contributed by atoms with Crippen LogP contribution in [0, 0.1) is 6.92 Å². The van der Waals surface area contributed by atoms with Crippen LogP contribution in [0.2, 0.25) is 0 Å². The van der Waals surface area contributed by atoms with Gasteiger partial charge in [0.15, 0.2) is 0 Å². The largest absolute Gasteiger partial charge is 0.369 e. The normalized spacial score (nSPS) is 19.8. The SMILES string of the molecule is Cc1cccc2c(N3CCOC(C(F)F)C3)ncnc12. The molecule has 20 heavy (non-hydrogen) atoms. The fourth-order valence-electron chi connectivity index (χ4n) is 2.49. The molecule has 2 aromatic rings. The van der Waals surface area contributed by atoms with Gasteiger partial charge in [0.25, 0.3) is 6.43 Å². The van der Waals surface area contributed by atoms with E-state index < -0.39 is 12.5 Å². The van der Waals surface area contributed by atoms with E-state index in [1.54, 1.807) is 0 Å². The molecule has 1 aromatic heterocycles. The lowest BCUT2D eigenvalue weighted by Crippen LogP contribution is -2.46. The lowest BCUT2D eigenvalue weighted by atomic mass is 10.1. The molecule has 1 aliphatic rings. The van der Waals surface area contributed by atoms with Crippen LogP contribution < -0.4 is 4.90 Å². The van der Waals surface area contributed by atoms with Crippen molar-refractivity contribution in [3.05, 3.63) is 30.1 Å². The zero-order chi connectivity index (χ0) is 14.1. The number of ether oxygens (including phenoxy) is 1. The summed E-state index contributed by atoms with van der Waals surface area (Å²) in [6.07, 6.45) is -2.05. The molecule has 1 unspecified atom stereocenters. The van der Waals surface area contributed by atoms with Crippen molar-refractivity contribution >= 4 is 16.7 Å². The predicted molar refractivity (Wildman–Crippen MR) is 72.2 cm³/mol. The molecule has 0 spiro atoms. The molecule has 1 atom stereocenters. The Morgan fingerprint density at radius 1 is 1.35 bits per heavy atom. The van der Waals surface area contributed by atoms with E-state index in [2.05, 4.69) is 9.97 Å². The number of halogens is 2. The Balaban J connectivity index is 2.00. The Morgan fingerprint density at radius 2 is 2.20 bits per heavy atom. The summed E-state index contributed by atoms with van der Waals surface area (Å²) < 4.78 is 30.7. The van der Waals surface area contributed by atoms with E-state index in [0.29, 0.717) is 12.4 Å². The molecular weight excluding hydrogens is 264 g/mol. The molecule has 1 fully saturated rings. The molecule has 0 saturated carbocycles. The second-order valence-corrected chi connectivity index (χ2v) is 4.86. The fraction of sp³-hybridized carbons (Fsp3) is 0.429. The van der Waals surface area contributed by atoms with Gasteiger partial charge in [0.1, 0.15) is 18.2 Å². The van der Waals surface area contributed by atoms with Gasteiger partial charge < -0.3 is 9.64 Å². The Morgan fingerprint density at radius 3 is 3.00 bits per heavy atom. The van der Waals surface area contributed by atoms with Crippen molar-refractivity contribution in [2.75, 3.05) is 24.6 Å². The highest BCUT2D eigenvalue weighted by Crippen LogP contribution is 2.27. The molecule has 0 bridgehead atoms. The molecule has 1 aliphatic heterocycles. The third-order valence-corrected chi connectivity index (χ3v) is 3.52. The maximum absolute atomic E-state index is 12.8. The molecule has 0 aliphatic carbocycles. The molecule has 0 N–H and O–H groups in total. The number of fused-ring (bicyclic) bond motifs is 1. The molecule has 106 valence electrons. The zero-order valence-corrected chi connectivity index (χ0v) is 11.1. The van der Waals surface area contributed by atoms with Gasteiger partial charge in [0.2, 0.25) is 0 Å². The van der Waals surface area contributed by atoms with Crippen molar-refractivity contribution in [1.29, 1.82) is 0 Å². The highest BCUT2D eigenvalue weighted by atomic mass is 19.3. The Bertz CT molecular complexity index is 620. The number of hydrogen-bond acceptors (Lipinski definition) is 4. The summed E-state index contributed by atoms with van der Waals surface area (Å²) in [4.78, 5) is 10.4. The molecule has 0 radical (unpaired) electrons. The van der Waals surface area contributed by atoms with Crippen molar-refractivity contribution in [2.24, 2.45) is 0 Å². The number of hydrogen-bond donors (Lipinski definition) is 0. The lowest BCUT2D eigenvalue weighted by molar-refractivity contribution is -0.0615. The zero-order valence-electron chi connectivity index (χ0n) is 11.1. The Labute approximate surface area is 115 Å². The number of alkyl halides is 2. The number of rotatable bonds is 2. The van der Waals surface area contributed by atoms with Crippen LogP contribution in [0.15, 0.2) is 24.5 Å². The van der Waals surface area contributed by atoms with E-state index in [1.807, 2.05) is 30.0 Å². The van der Waals surface area contributed by atoms with Gasteiger partial charge in [-0.3, -0.25) is 0 Å². The lowest BCUT2D eigenvalue weighted by Gasteiger charge is -2.33. The van der Waals surface area contributed by atoms with Gasteiger partial charge in [-0.25, -0.2) is 18.7 Å². The first kappa shape index (κ1) is 13.2. The molecule has 1 saturated heterocycles. The number of benzene rings is 1. The summed E-state index contributed by atoms with van der Waals surface area (Å²) in [5, 5.41) is 0.891. The summed E-state index contributed by atoms with van der Waals surface area (Å²) in [5.41, 5.74) is 1.91. The maximum atomic E-state index is 12.8. The van der Waals surface area contributed by atoms with Crippen LogP contribution in [-0.4, -0.2) is 42.2 Å². The van der Waals surface area contributed by atoms with Gasteiger partial charge in [-0.15, -0.1) is 0 Å². The standard InChI is InChI=1S/C14H15F2N3O/c1-9-3-2-4-10-12(9)17-8-18-14(10)19-5-6-20-11(7-19)13(15)16/h2-4,8,11,13H,5-7H2,1H3. The van der Waals surface area contributed by atoms with Crippen molar-refractivity contribution in [3.8, 4) is 0 Å². The minimum atomic E-state index is -2.48. The van der Waals surface area contributed by atoms with Crippen LogP contribution >= 0.6 is 0 Å². The van der Waals surface area contributed by atoms with Crippen molar-refractivity contribution in [1.82, 2.24) is 9.97 Å². The monoisotopic (exact) mass is 279 g/mol. The number of aryl methyl sites for hydroxylation is 1. The number of anilines is 1. The molecule has 6 heteroatoms. The second kappa shape index (κ2) is 5.28. The van der Waals surface area contributed by atoms with E-state index in [-0.39, 0.29) is 13.2 Å². The maximum Gasteiger partial charge on any atom is 0.266 e. The van der Waals surface area contributed by atoms with Crippen LogP contribution in [0.25, 0.3) is 10.9 Å². The summed E-state index contributed by atoms with van der Waals surface area (Å²) in [5.74, 6) is 0.702. The Kier molecular flexibility index (Phi) is 3.48. The third-order valence-electron chi connectivity index (χ3n) is 3.52. The highest BCUT2D eigenvalue weighted by molar-refractivity contribution is 5.91. The predicted octanol–water partition coefficient (Wildman–Crippen LogP) is 2.41. The summed E-state index contributed by atoms with van der Waals surface area (Å²) >= 11 is 0. The first-order valence-electron chi connectivity index (χ1n) is 6.52. The van der Waals surface area contributed by atoms with Crippen molar-refractivity contribution in [3.63, 3.8) is 0 Å². The summed E-state index contributed by atoms with van der Waals surface area (Å²) in [7, 11) is 0. The van der Waals surface area contributed by atoms with Gasteiger partial charge in [-0.1, -0.05) is 12.1 Å². The van der Waals surface area contributed by atoms with Crippen LogP contribution in [0.4, 0.5) is 14.6 Å². The minimum absolute atomic E-state index is 0.151. The molecule has 0 amide bonds.